The predicted molar refractivity (Wildman–Crippen MR) is 65.7 cm³/mol. The molecule has 16 heavy (non-hydrogen) atoms. The van der Waals surface area contributed by atoms with Crippen molar-refractivity contribution < 1.29 is 4.74 Å². The van der Waals surface area contributed by atoms with Crippen LogP contribution in [-0.2, 0) is 0 Å². The first-order valence-corrected chi connectivity index (χ1v) is 5.16. The summed E-state index contributed by atoms with van der Waals surface area (Å²) >= 11 is 4.94. The number of aromatic nitrogens is 2. The van der Waals surface area contributed by atoms with Crippen molar-refractivity contribution in [1.82, 2.24) is 10.2 Å². The average Bonchev–Trinajstić information content (AvgIpc) is 2.64. The number of thiocarbonyl (C=S) groups is 1. The summed E-state index contributed by atoms with van der Waals surface area (Å²) < 4.78 is 5.58. The highest BCUT2D eigenvalue weighted by Crippen LogP contribution is 2.23. The van der Waals surface area contributed by atoms with Gasteiger partial charge in [0.15, 0.2) is 0 Å². The maximum atomic E-state index is 5.60. The number of aromatic amines is 1. The fourth-order valence-corrected chi connectivity index (χ4v) is 1.49. The number of nitrogens with zero attached hydrogens (tertiary/aromatic N) is 1. The maximum absolute atomic E-state index is 5.60. The van der Waals surface area contributed by atoms with Gasteiger partial charge in [-0.3, -0.25) is 5.10 Å². The zero-order valence-corrected chi connectivity index (χ0v) is 9.54. The average molecular weight is 233 g/mol. The van der Waals surface area contributed by atoms with Crippen LogP contribution >= 0.6 is 12.2 Å². The van der Waals surface area contributed by atoms with Gasteiger partial charge in [-0.15, -0.1) is 5.10 Å². The van der Waals surface area contributed by atoms with Gasteiger partial charge >= 0.3 is 0 Å². The van der Waals surface area contributed by atoms with Gasteiger partial charge < -0.3 is 10.5 Å². The number of aryl methyl sites for hydroxylation is 1. The van der Waals surface area contributed by atoms with Crippen molar-refractivity contribution >= 4 is 17.2 Å². The molecule has 0 fully saturated rings. The standard InChI is InChI=1S/C11H11N3OS/c1-7-6-10(14-13-7)15-9-5-3-2-4-8(9)11(12)16/h2-6H,1H3,(H2,12,16)(H,13,14). The lowest BCUT2D eigenvalue weighted by Crippen LogP contribution is -2.10. The first-order valence-electron chi connectivity index (χ1n) is 4.75. The van der Waals surface area contributed by atoms with E-state index in [9.17, 15) is 0 Å². The van der Waals surface area contributed by atoms with Crippen LogP contribution in [0.15, 0.2) is 30.3 Å². The molecule has 82 valence electrons. The van der Waals surface area contributed by atoms with E-state index in [0.717, 1.165) is 5.69 Å². The SMILES string of the molecule is Cc1cc(Oc2ccccc2C(N)=S)n[nH]1. The number of rotatable bonds is 3. The summed E-state index contributed by atoms with van der Waals surface area (Å²) in [4.78, 5) is 0.308. The van der Waals surface area contributed by atoms with Crippen LogP contribution in [0.4, 0.5) is 0 Å². The Hall–Kier alpha value is -1.88. The Morgan fingerprint density at radius 3 is 2.81 bits per heavy atom. The summed E-state index contributed by atoms with van der Waals surface area (Å²) in [6, 6.07) is 9.14. The molecular weight excluding hydrogens is 222 g/mol. The van der Waals surface area contributed by atoms with E-state index >= 15 is 0 Å². The second kappa shape index (κ2) is 4.32. The second-order valence-corrected chi connectivity index (χ2v) is 3.79. The van der Waals surface area contributed by atoms with Crippen molar-refractivity contribution in [1.29, 1.82) is 0 Å². The number of hydrogen-bond donors (Lipinski definition) is 2. The molecule has 0 aliphatic heterocycles. The molecule has 2 rings (SSSR count). The van der Waals surface area contributed by atoms with Crippen LogP contribution in [0.3, 0.4) is 0 Å². The number of nitrogens with two attached hydrogens (primary N) is 1. The molecule has 4 nitrogen and oxygen atoms in total. The highest BCUT2D eigenvalue weighted by molar-refractivity contribution is 7.80. The summed E-state index contributed by atoms with van der Waals surface area (Å²) in [7, 11) is 0. The number of para-hydroxylation sites is 1. The quantitative estimate of drug-likeness (QED) is 0.797. The molecule has 0 radical (unpaired) electrons. The Morgan fingerprint density at radius 2 is 2.19 bits per heavy atom. The zero-order valence-electron chi connectivity index (χ0n) is 8.73. The molecule has 0 atom stereocenters. The summed E-state index contributed by atoms with van der Waals surface area (Å²) in [6.07, 6.45) is 0. The van der Waals surface area contributed by atoms with Crippen LogP contribution in [0.5, 0.6) is 11.6 Å². The van der Waals surface area contributed by atoms with Crippen molar-refractivity contribution in [2.75, 3.05) is 0 Å². The van der Waals surface area contributed by atoms with Crippen LogP contribution in [0.1, 0.15) is 11.3 Å². The summed E-state index contributed by atoms with van der Waals surface area (Å²) in [5.74, 6) is 1.11. The van der Waals surface area contributed by atoms with Gasteiger partial charge in [0.25, 0.3) is 0 Å². The van der Waals surface area contributed by atoms with E-state index in [1.54, 1.807) is 12.1 Å². The molecule has 0 saturated heterocycles. The van der Waals surface area contributed by atoms with E-state index in [1.165, 1.54) is 0 Å². The van der Waals surface area contributed by atoms with Gasteiger partial charge in [-0.2, -0.15) is 0 Å². The van der Waals surface area contributed by atoms with Gasteiger partial charge in [0.1, 0.15) is 10.7 Å². The Bertz CT molecular complexity index is 521. The third kappa shape index (κ3) is 2.20. The zero-order chi connectivity index (χ0) is 11.5. The van der Waals surface area contributed by atoms with Crippen molar-refractivity contribution in [3.8, 4) is 11.6 Å². The van der Waals surface area contributed by atoms with Gasteiger partial charge in [0, 0.05) is 11.8 Å². The molecule has 0 amide bonds. The lowest BCUT2D eigenvalue weighted by atomic mass is 10.2. The number of nitrogens with one attached hydrogen (secondary N) is 1. The van der Waals surface area contributed by atoms with Crippen LogP contribution < -0.4 is 10.5 Å². The molecule has 5 heteroatoms. The van der Waals surface area contributed by atoms with E-state index in [2.05, 4.69) is 10.2 Å². The third-order valence-corrected chi connectivity index (χ3v) is 2.27. The van der Waals surface area contributed by atoms with Crippen molar-refractivity contribution in [3.05, 3.63) is 41.6 Å². The third-order valence-electron chi connectivity index (χ3n) is 2.05. The minimum Gasteiger partial charge on any atom is -0.437 e. The Labute approximate surface area is 98.4 Å². The van der Waals surface area contributed by atoms with E-state index in [-0.39, 0.29) is 0 Å². The van der Waals surface area contributed by atoms with Crippen LogP contribution in [-0.4, -0.2) is 15.2 Å². The van der Waals surface area contributed by atoms with E-state index < -0.39 is 0 Å². The Morgan fingerprint density at radius 1 is 1.44 bits per heavy atom. The Balaban J connectivity index is 2.31. The predicted octanol–water partition coefficient (Wildman–Crippen LogP) is 2.14. The molecule has 1 heterocycles. The highest BCUT2D eigenvalue weighted by Gasteiger charge is 2.07. The topological polar surface area (TPSA) is 63.9 Å². The number of H-pyrrole nitrogens is 1. The van der Waals surface area contributed by atoms with Gasteiger partial charge in [-0.1, -0.05) is 24.4 Å². The maximum Gasteiger partial charge on any atom is 0.238 e. The summed E-state index contributed by atoms with van der Waals surface area (Å²) in [6.45, 7) is 1.90. The van der Waals surface area contributed by atoms with E-state index in [1.807, 2.05) is 25.1 Å². The van der Waals surface area contributed by atoms with Crippen LogP contribution in [0.2, 0.25) is 0 Å². The van der Waals surface area contributed by atoms with Crippen molar-refractivity contribution in [2.45, 2.75) is 6.92 Å². The smallest absolute Gasteiger partial charge is 0.238 e. The molecule has 1 aromatic carbocycles. The molecule has 0 aliphatic carbocycles. The number of ether oxygens (including phenoxy) is 1. The molecular formula is C11H11N3OS. The fraction of sp³-hybridized carbons (Fsp3) is 0.0909. The summed E-state index contributed by atoms with van der Waals surface area (Å²) in [5.41, 5.74) is 7.24. The minimum absolute atomic E-state index is 0.308. The lowest BCUT2D eigenvalue weighted by molar-refractivity contribution is 0.461. The van der Waals surface area contributed by atoms with Gasteiger partial charge in [-0.25, -0.2) is 0 Å². The van der Waals surface area contributed by atoms with Crippen LogP contribution in [0, 0.1) is 6.92 Å². The molecule has 0 bridgehead atoms. The van der Waals surface area contributed by atoms with E-state index in [4.69, 9.17) is 22.7 Å². The van der Waals surface area contributed by atoms with Crippen LogP contribution in [0.25, 0.3) is 0 Å². The fourth-order valence-electron chi connectivity index (χ4n) is 1.32. The highest BCUT2D eigenvalue weighted by atomic mass is 32.1. The molecule has 3 N–H and O–H groups in total. The minimum atomic E-state index is 0.308. The Kier molecular flexibility index (Phi) is 2.87. The monoisotopic (exact) mass is 233 g/mol. The molecule has 2 aromatic rings. The molecule has 1 aromatic heterocycles. The molecule has 0 saturated carbocycles. The lowest BCUT2D eigenvalue weighted by Gasteiger charge is -2.06. The molecule has 0 aliphatic rings. The van der Waals surface area contributed by atoms with Crippen molar-refractivity contribution in [2.24, 2.45) is 5.73 Å². The normalized spacial score (nSPS) is 10.1. The number of hydrogen-bond acceptors (Lipinski definition) is 3. The van der Waals surface area contributed by atoms with Crippen molar-refractivity contribution in [3.63, 3.8) is 0 Å². The largest absolute Gasteiger partial charge is 0.437 e. The molecule has 0 unspecified atom stereocenters. The van der Waals surface area contributed by atoms with Gasteiger partial charge in [0.05, 0.1) is 5.56 Å². The first-order chi connectivity index (χ1) is 7.66. The second-order valence-electron chi connectivity index (χ2n) is 3.35. The number of benzene rings is 1. The molecule has 0 spiro atoms. The van der Waals surface area contributed by atoms with E-state index in [0.29, 0.717) is 22.2 Å². The summed E-state index contributed by atoms with van der Waals surface area (Å²) in [5, 5.41) is 6.78. The first kappa shape index (κ1) is 10.6. The van der Waals surface area contributed by atoms with Gasteiger partial charge in [0.2, 0.25) is 5.88 Å². The van der Waals surface area contributed by atoms with Gasteiger partial charge in [-0.05, 0) is 19.1 Å².